The first-order chi connectivity index (χ1) is 8.91. The number of rotatable bonds is 2. The third-order valence-electron chi connectivity index (χ3n) is 3.28. The summed E-state index contributed by atoms with van der Waals surface area (Å²) in [4.78, 5) is 0. The Hall–Kier alpha value is -1.45. The highest BCUT2D eigenvalue weighted by Crippen LogP contribution is 2.30. The molecule has 1 N–H and O–H groups in total. The van der Waals surface area contributed by atoms with Gasteiger partial charge in [-0.25, -0.2) is 8.78 Å². The quantitative estimate of drug-likeness (QED) is 0.814. The molecule has 2 aromatic rings. The molecule has 1 unspecified atom stereocenters. The van der Waals surface area contributed by atoms with Gasteiger partial charge in [-0.2, -0.15) is 0 Å². The second kappa shape index (κ2) is 5.27. The summed E-state index contributed by atoms with van der Waals surface area (Å²) < 4.78 is 27.2. The highest BCUT2D eigenvalue weighted by Gasteiger charge is 2.19. The molecule has 100 valence electrons. The molecule has 0 aromatic heterocycles. The van der Waals surface area contributed by atoms with Crippen LogP contribution < -0.4 is 0 Å². The number of hydrogen-bond acceptors (Lipinski definition) is 1. The molecule has 0 spiro atoms. The van der Waals surface area contributed by atoms with Gasteiger partial charge in [0.1, 0.15) is 17.7 Å². The van der Waals surface area contributed by atoms with Crippen LogP contribution in [0.15, 0.2) is 30.3 Å². The summed E-state index contributed by atoms with van der Waals surface area (Å²) in [6.45, 7) is 3.72. The van der Waals surface area contributed by atoms with E-state index >= 15 is 0 Å². The smallest absolute Gasteiger partial charge is 0.142 e. The number of halogens is 3. The summed E-state index contributed by atoms with van der Waals surface area (Å²) in [5.41, 5.74) is 2.27. The average Bonchev–Trinajstić information content (AvgIpc) is 2.36. The minimum Gasteiger partial charge on any atom is -0.384 e. The van der Waals surface area contributed by atoms with Crippen molar-refractivity contribution in [1.29, 1.82) is 0 Å². The SMILES string of the molecule is Cc1cccc(C(O)c2cc(F)c(Cl)cc2F)c1C. The predicted octanol–water partition coefficient (Wildman–Crippen LogP) is 4.32. The van der Waals surface area contributed by atoms with Crippen LogP contribution in [0.1, 0.15) is 28.4 Å². The van der Waals surface area contributed by atoms with Gasteiger partial charge in [0, 0.05) is 5.56 Å². The van der Waals surface area contributed by atoms with Crippen molar-refractivity contribution in [3.63, 3.8) is 0 Å². The number of aliphatic hydroxyl groups excluding tert-OH is 1. The molecule has 0 heterocycles. The standard InChI is InChI=1S/C15H13ClF2O/c1-8-4-3-5-10(9(8)2)15(19)11-6-14(18)12(16)7-13(11)17/h3-7,15,19H,1-2H3. The van der Waals surface area contributed by atoms with Crippen LogP contribution in [-0.4, -0.2) is 5.11 Å². The normalized spacial score (nSPS) is 12.5. The van der Waals surface area contributed by atoms with Crippen molar-refractivity contribution in [3.05, 3.63) is 69.2 Å². The molecule has 0 aliphatic heterocycles. The Morgan fingerprint density at radius 2 is 1.74 bits per heavy atom. The van der Waals surface area contributed by atoms with Crippen LogP contribution in [0.3, 0.4) is 0 Å². The van der Waals surface area contributed by atoms with Gasteiger partial charge in [-0.15, -0.1) is 0 Å². The largest absolute Gasteiger partial charge is 0.384 e. The molecule has 2 rings (SSSR count). The molecule has 0 saturated heterocycles. The van der Waals surface area contributed by atoms with Gasteiger partial charge in [-0.3, -0.25) is 0 Å². The first-order valence-corrected chi connectivity index (χ1v) is 6.18. The Morgan fingerprint density at radius 3 is 2.42 bits per heavy atom. The van der Waals surface area contributed by atoms with Crippen LogP contribution in [0.5, 0.6) is 0 Å². The van der Waals surface area contributed by atoms with Crippen molar-refractivity contribution in [2.45, 2.75) is 20.0 Å². The number of aryl methyl sites for hydroxylation is 1. The molecule has 0 fully saturated rings. The van der Waals surface area contributed by atoms with Gasteiger partial charge in [0.25, 0.3) is 0 Å². The van der Waals surface area contributed by atoms with Gasteiger partial charge in [0.15, 0.2) is 0 Å². The lowest BCUT2D eigenvalue weighted by atomic mass is 9.94. The van der Waals surface area contributed by atoms with Crippen LogP contribution in [-0.2, 0) is 0 Å². The molecular formula is C15H13ClF2O. The fourth-order valence-electron chi connectivity index (χ4n) is 1.99. The maximum atomic E-state index is 13.8. The van der Waals surface area contributed by atoms with Gasteiger partial charge in [-0.1, -0.05) is 29.8 Å². The minimum atomic E-state index is -1.22. The minimum absolute atomic E-state index is 0.115. The molecule has 19 heavy (non-hydrogen) atoms. The zero-order valence-electron chi connectivity index (χ0n) is 10.5. The summed E-state index contributed by atoms with van der Waals surface area (Å²) in [6, 6.07) is 7.17. The molecule has 0 aliphatic carbocycles. The average molecular weight is 283 g/mol. The van der Waals surface area contributed by atoms with Crippen molar-refractivity contribution in [2.75, 3.05) is 0 Å². The molecule has 2 aromatic carbocycles. The maximum absolute atomic E-state index is 13.8. The third kappa shape index (κ3) is 2.62. The van der Waals surface area contributed by atoms with E-state index in [0.29, 0.717) is 5.56 Å². The second-order valence-corrected chi connectivity index (χ2v) is 4.89. The lowest BCUT2D eigenvalue weighted by Gasteiger charge is -2.16. The molecule has 1 atom stereocenters. The summed E-state index contributed by atoms with van der Waals surface area (Å²) >= 11 is 5.50. The zero-order valence-corrected chi connectivity index (χ0v) is 11.3. The topological polar surface area (TPSA) is 20.2 Å². The van der Waals surface area contributed by atoms with Crippen LogP contribution in [0.2, 0.25) is 5.02 Å². The number of benzene rings is 2. The van der Waals surface area contributed by atoms with Crippen molar-refractivity contribution in [2.24, 2.45) is 0 Å². The van der Waals surface area contributed by atoms with E-state index in [1.54, 1.807) is 12.1 Å². The first kappa shape index (κ1) is 14.0. The van der Waals surface area contributed by atoms with Gasteiger partial charge < -0.3 is 5.11 Å². The fourth-order valence-corrected chi connectivity index (χ4v) is 2.14. The fraction of sp³-hybridized carbons (Fsp3) is 0.200. The Labute approximate surface area is 115 Å². The van der Waals surface area contributed by atoms with Crippen LogP contribution in [0, 0.1) is 25.5 Å². The van der Waals surface area contributed by atoms with Gasteiger partial charge in [0.05, 0.1) is 5.02 Å². The van der Waals surface area contributed by atoms with E-state index in [1.165, 1.54) is 0 Å². The van der Waals surface area contributed by atoms with Gasteiger partial charge in [-0.05, 0) is 42.7 Å². The molecule has 0 saturated carbocycles. The van der Waals surface area contributed by atoms with Crippen molar-refractivity contribution in [1.82, 2.24) is 0 Å². The zero-order chi connectivity index (χ0) is 14.2. The van der Waals surface area contributed by atoms with E-state index in [0.717, 1.165) is 23.3 Å². The van der Waals surface area contributed by atoms with Crippen LogP contribution >= 0.6 is 11.6 Å². The second-order valence-electron chi connectivity index (χ2n) is 4.48. The molecule has 0 bridgehead atoms. The molecule has 0 radical (unpaired) electrons. The van der Waals surface area contributed by atoms with Gasteiger partial charge in [0.2, 0.25) is 0 Å². The predicted molar refractivity (Wildman–Crippen MR) is 71.3 cm³/mol. The third-order valence-corrected chi connectivity index (χ3v) is 3.56. The summed E-state index contributed by atoms with van der Waals surface area (Å²) in [5, 5.41) is 9.95. The van der Waals surface area contributed by atoms with Crippen molar-refractivity contribution < 1.29 is 13.9 Å². The summed E-state index contributed by atoms with van der Waals surface area (Å²) in [6.07, 6.45) is -1.22. The van der Waals surface area contributed by atoms with Gasteiger partial charge >= 0.3 is 0 Å². The molecule has 4 heteroatoms. The molecular weight excluding hydrogens is 270 g/mol. The van der Waals surface area contributed by atoms with E-state index < -0.39 is 17.7 Å². The molecule has 0 aliphatic rings. The van der Waals surface area contributed by atoms with Crippen molar-refractivity contribution in [3.8, 4) is 0 Å². The lowest BCUT2D eigenvalue weighted by Crippen LogP contribution is -2.06. The van der Waals surface area contributed by atoms with Crippen LogP contribution in [0.25, 0.3) is 0 Å². The number of aliphatic hydroxyl groups is 1. The van der Waals surface area contributed by atoms with E-state index in [9.17, 15) is 13.9 Å². The van der Waals surface area contributed by atoms with E-state index in [2.05, 4.69) is 0 Å². The summed E-state index contributed by atoms with van der Waals surface area (Å²) in [7, 11) is 0. The Bertz CT molecular complexity index is 626. The molecule has 0 amide bonds. The van der Waals surface area contributed by atoms with E-state index in [1.807, 2.05) is 19.9 Å². The van der Waals surface area contributed by atoms with E-state index in [4.69, 9.17) is 11.6 Å². The lowest BCUT2D eigenvalue weighted by molar-refractivity contribution is 0.213. The van der Waals surface area contributed by atoms with E-state index in [-0.39, 0.29) is 10.6 Å². The Balaban J connectivity index is 2.53. The van der Waals surface area contributed by atoms with Crippen molar-refractivity contribution >= 4 is 11.6 Å². The highest BCUT2D eigenvalue weighted by atomic mass is 35.5. The molecule has 1 nitrogen and oxygen atoms in total. The summed E-state index contributed by atoms with van der Waals surface area (Å²) in [5.74, 6) is -1.47. The highest BCUT2D eigenvalue weighted by molar-refractivity contribution is 6.30. The Kier molecular flexibility index (Phi) is 3.88. The van der Waals surface area contributed by atoms with Crippen LogP contribution in [0.4, 0.5) is 8.78 Å². The maximum Gasteiger partial charge on any atom is 0.142 e. The monoisotopic (exact) mass is 282 g/mol. The first-order valence-electron chi connectivity index (χ1n) is 5.80. The number of hydrogen-bond donors (Lipinski definition) is 1. The Morgan fingerprint density at radius 1 is 1.05 bits per heavy atom.